The number of anilines is 2. The molecule has 4 aromatic rings. The second-order valence-corrected chi connectivity index (χ2v) is 8.00. The molecular weight excluding hydrogens is 462 g/mol. The van der Waals surface area contributed by atoms with Gasteiger partial charge in [-0.3, -0.25) is 19.9 Å². The molecule has 8 nitrogen and oxygen atoms in total. The van der Waals surface area contributed by atoms with Crippen molar-refractivity contribution in [1.29, 1.82) is 0 Å². The van der Waals surface area contributed by atoms with Gasteiger partial charge in [0, 0.05) is 29.7 Å². The molecule has 0 bridgehead atoms. The molecule has 35 heavy (non-hydrogen) atoms. The van der Waals surface area contributed by atoms with Gasteiger partial charge in [-0.05, 0) is 77.4 Å². The summed E-state index contributed by atoms with van der Waals surface area (Å²) in [6, 6.07) is 15.8. The van der Waals surface area contributed by atoms with Crippen molar-refractivity contribution in [3.05, 3.63) is 96.0 Å². The zero-order chi connectivity index (χ0) is 24.8. The standard InChI is InChI=1S/C26H21N5O3S/c1-16-21-9-5-19(14-18(21)6-10-22(16)32)25(34)31-26(35)29-20-7-2-17(3-8-20)4-11-24(33)30-23-15-27-12-13-28-23/h2-15,32H,1H3,(H,28,30,33)(H2,29,31,34,35). The van der Waals surface area contributed by atoms with Crippen molar-refractivity contribution in [2.24, 2.45) is 0 Å². The van der Waals surface area contributed by atoms with Crippen LogP contribution >= 0.6 is 12.2 Å². The quantitative estimate of drug-likeness (QED) is 0.245. The van der Waals surface area contributed by atoms with E-state index in [1.807, 2.05) is 6.92 Å². The summed E-state index contributed by atoms with van der Waals surface area (Å²) >= 11 is 5.27. The fourth-order valence-electron chi connectivity index (χ4n) is 3.33. The van der Waals surface area contributed by atoms with E-state index in [2.05, 4.69) is 25.9 Å². The number of hydrogen-bond acceptors (Lipinski definition) is 6. The Balaban J connectivity index is 1.32. The molecule has 0 unspecified atom stereocenters. The SMILES string of the molecule is Cc1c(O)ccc2cc(C(=O)NC(=S)Nc3ccc(C=CC(=O)Nc4cnccn4)cc3)ccc12. The van der Waals surface area contributed by atoms with Crippen LogP contribution in [0.15, 0.2) is 79.3 Å². The lowest BCUT2D eigenvalue weighted by Gasteiger charge is -2.11. The van der Waals surface area contributed by atoms with E-state index in [4.69, 9.17) is 12.2 Å². The monoisotopic (exact) mass is 483 g/mol. The summed E-state index contributed by atoms with van der Waals surface area (Å²) in [4.78, 5) is 32.5. The number of phenols is 1. The Kier molecular flexibility index (Phi) is 7.08. The molecule has 1 aromatic heterocycles. The van der Waals surface area contributed by atoms with Crippen LogP contribution in [0.3, 0.4) is 0 Å². The van der Waals surface area contributed by atoms with Crippen LogP contribution in [0.25, 0.3) is 16.8 Å². The minimum Gasteiger partial charge on any atom is -0.508 e. The van der Waals surface area contributed by atoms with Crippen molar-refractivity contribution in [2.75, 3.05) is 10.6 Å². The maximum Gasteiger partial charge on any atom is 0.257 e. The van der Waals surface area contributed by atoms with Gasteiger partial charge in [0.1, 0.15) is 5.75 Å². The molecule has 0 fully saturated rings. The summed E-state index contributed by atoms with van der Waals surface area (Å²) in [5, 5.41) is 20.0. The Hall–Kier alpha value is -4.63. The van der Waals surface area contributed by atoms with E-state index in [9.17, 15) is 14.7 Å². The number of hydrogen-bond donors (Lipinski definition) is 4. The summed E-state index contributed by atoms with van der Waals surface area (Å²) in [7, 11) is 0. The lowest BCUT2D eigenvalue weighted by atomic mass is 10.0. The van der Waals surface area contributed by atoms with E-state index in [-0.39, 0.29) is 22.7 Å². The molecule has 174 valence electrons. The molecule has 0 aliphatic carbocycles. The smallest absolute Gasteiger partial charge is 0.257 e. The van der Waals surface area contributed by atoms with Gasteiger partial charge in [0.2, 0.25) is 5.91 Å². The summed E-state index contributed by atoms with van der Waals surface area (Å²) in [6.07, 6.45) is 7.54. The van der Waals surface area contributed by atoms with Gasteiger partial charge < -0.3 is 15.7 Å². The number of aromatic nitrogens is 2. The van der Waals surface area contributed by atoms with Crippen LogP contribution in [0.1, 0.15) is 21.5 Å². The topological polar surface area (TPSA) is 116 Å². The average molecular weight is 484 g/mol. The van der Waals surface area contributed by atoms with Crippen LogP contribution in [0.5, 0.6) is 5.75 Å². The van der Waals surface area contributed by atoms with Gasteiger partial charge in [-0.25, -0.2) is 4.98 Å². The molecule has 0 saturated carbocycles. The van der Waals surface area contributed by atoms with E-state index in [0.29, 0.717) is 17.1 Å². The van der Waals surface area contributed by atoms with Crippen molar-refractivity contribution in [3.8, 4) is 5.75 Å². The van der Waals surface area contributed by atoms with E-state index >= 15 is 0 Å². The van der Waals surface area contributed by atoms with Gasteiger partial charge >= 0.3 is 0 Å². The van der Waals surface area contributed by atoms with Crippen LogP contribution in [-0.4, -0.2) is 32.0 Å². The Morgan fingerprint density at radius 2 is 1.80 bits per heavy atom. The summed E-state index contributed by atoms with van der Waals surface area (Å²) < 4.78 is 0. The maximum atomic E-state index is 12.6. The highest BCUT2D eigenvalue weighted by Gasteiger charge is 2.10. The van der Waals surface area contributed by atoms with E-state index in [0.717, 1.165) is 21.9 Å². The first-order valence-corrected chi connectivity index (χ1v) is 11.0. The first kappa shape index (κ1) is 23.5. The van der Waals surface area contributed by atoms with Gasteiger partial charge in [-0.15, -0.1) is 0 Å². The van der Waals surface area contributed by atoms with Crippen molar-refractivity contribution >= 4 is 57.5 Å². The largest absolute Gasteiger partial charge is 0.508 e. The summed E-state index contributed by atoms with van der Waals surface area (Å²) in [5.41, 5.74) is 2.70. The fraction of sp³-hybridized carbons (Fsp3) is 0.0385. The lowest BCUT2D eigenvalue weighted by Crippen LogP contribution is -2.34. The molecule has 4 N–H and O–H groups in total. The molecule has 4 rings (SSSR count). The molecule has 1 heterocycles. The van der Waals surface area contributed by atoms with Gasteiger partial charge in [-0.1, -0.05) is 24.3 Å². The third-order valence-electron chi connectivity index (χ3n) is 5.16. The Labute approximate surface area is 206 Å². The molecule has 0 atom stereocenters. The van der Waals surface area contributed by atoms with Crippen LogP contribution in [0, 0.1) is 6.92 Å². The van der Waals surface area contributed by atoms with E-state index in [1.54, 1.807) is 60.7 Å². The summed E-state index contributed by atoms with van der Waals surface area (Å²) in [6.45, 7) is 1.83. The number of phenolic OH excluding ortho intramolecular Hbond substituents is 1. The van der Waals surface area contributed by atoms with Crippen molar-refractivity contribution < 1.29 is 14.7 Å². The van der Waals surface area contributed by atoms with Gasteiger partial charge in [0.05, 0.1) is 6.20 Å². The fourth-order valence-corrected chi connectivity index (χ4v) is 3.54. The Bertz CT molecular complexity index is 1440. The molecule has 0 radical (unpaired) electrons. The molecular formula is C26H21N5O3S. The number of aromatic hydroxyl groups is 1. The molecule has 2 amide bonds. The normalized spacial score (nSPS) is 10.8. The average Bonchev–Trinajstić information content (AvgIpc) is 2.86. The predicted molar refractivity (Wildman–Crippen MR) is 140 cm³/mol. The Morgan fingerprint density at radius 3 is 2.54 bits per heavy atom. The van der Waals surface area contributed by atoms with E-state index < -0.39 is 0 Å². The molecule has 0 aliphatic heterocycles. The molecule has 0 spiro atoms. The Morgan fingerprint density at radius 1 is 1.00 bits per heavy atom. The maximum absolute atomic E-state index is 12.6. The second-order valence-electron chi connectivity index (χ2n) is 7.59. The van der Waals surface area contributed by atoms with Crippen LogP contribution in [0.2, 0.25) is 0 Å². The number of benzene rings is 3. The van der Waals surface area contributed by atoms with Gasteiger partial charge in [0.25, 0.3) is 5.91 Å². The molecule has 9 heteroatoms. The van der Waals surface area contributed by atoms with Gasteiger partial charge in [-0.2, -0.15) is 0 Å². The van der Waals surface area contributed by atoms with Crippen molar-refractivity contribution in [1.82, 2.24) is 15.3 Å². The number of rotatable bonds is 5. The zero-order valence-electron chi connectivity index (χ0n) is 18.6. The number of nitrogens with zero attached hydrogens (tertiary/aromatic N) is 2. The van der Waals surface area contributed by atoms with Crippen molar-refractivity contribution in [3.63, 3.8) is 0 Å². The number of thiocarbonyl (C=S) groups is 1. The number of amides is 2. The molecule has 0 aliphatic rings. The predicted octanol–water partition coefficient (Wildman–Crippen LogP) is 4.42. The third-order valence-corrected chi connectivity index (χ3v) is 5.36. The highest BCUT2D eigenvalue weighted by molar-refractivity contribution is 7.80. The number of carbonyl (C=O) groups is 2. The number of aryl methyl sites for hydroxylation is 1. The van der Waals surface area contributed by atoms with Crippen LogP contribution in [0.4, 0.5) is 11.5 Å². The lowest BCUT2D eigenvalue weighted by molar-refractivity contribution is -0.111. The molecule has 0 saturated heterocycles. The number of nitrogens with one attached hydrogen (secondary N) is 3. The number of carbonyl (C=O) groups excluding carboxylic acids is 2. The number of fused-ring (bicyclic) bond motifs is 1. The van der Waals surface area contributed by atoms with Crippen LogP contribution < -0.4 is 16.0 Å². The molecule has 3 aromatic carbocycles. The minimum absolute atomic E-state index is 0.156. The highest BCUT2D eigenvalue weighted by atomic mass is 32.1. The highest BCUT2D eigenvalue weighted by Crippen LogP contribution is 2.26. The summed E-state index contributed by atoms with van der Waals surface area (Å²) in [5.74, 6) is -0.0803. The first-order chi connectivity index (χ1) is 16.9. The second kappa shape index (κ2) is 10.5. The minimum atomic E-state index is -0.344. The van der Waals surface area contributed by atoms with Crippen LogP contribution in [-0.2, 0) is 4.79 Å². The van der Waals surface area contributed by atoms with Gasteiger partial charge in [0.15, 0.2) is 10.9 Å². The first-order valence-electron chi connectivity index (χ1n) is 10.6. The van der Waals surface area contributed by atoms with E-state index in [1.165, 1.54) is 24.7 Å². The third kappa shape index (κ3) is 6.04. The zero-order valence-corrected chi connectivity index (χ0v) is 19.5. The van der Waals surface area contributed by atoms with Crippen molar-refractivity contribution in [2.45, 2.75) is 6.92 Å².